The second-order valence-electron chi connectivity index (χ2n) is 4.12. The van der Waals surface area contributed by atoms with E-state index >= 15 is 0 Å². The fraction of sp³-hybridized carbons (Fsp3) is 0.727. The number of hydrogen-bond donors (Lipinski definition) is 2. The molecule has 5 heteroatoms. The summed E-state index contributed by atoms with van der Waals surface area (Å²) in [6.07, 6.45) is 2.65. The number of halogens is 1. The van der Waals surface area contributed by atoms with Crippen LogP contribution in [0.1, 0.15) is 19.8 Å². The van der Waals surface area contributed by atoms with Crippen LogP contribution in [0.3, 0.4) is 0 Å². The molecule has 1 saturated heterocycles. The van der Waals surface area contributed by atoms with Gasteiger partial charge in [-0.05, 0) is 37.2 Å². The van der Waals surface area contributed by atoms with Crippen LogP contribution in [0.25, 0.3) is 0 Å². The van der Waals surface area contributed by atoms with E-state index in [0.717, 1.165) is 18.0 Å². The van der Waals surface area contributed by atoms with E-state index in [1.54, 1.807) is 0 Å². The minimum Gasteiger partial charge on any atom is -0.370 e. The number of nitrogens with zero attached hydrogens (tertiary/aromatic N) is 1. The molecule has 1 aliphatic rings. The summed E-state index contributed by atoms with van der Waals surface area (Å²) < 4.78 is 0. The first kappa shape index (κ1) is 16.1. The molecule has 1 unspecified atom stereocenters. The summed E-state index contributed by atoms with van der Waals surface area (Å²) in [4.78, 5) is 4.19. The molecule has 1 heterocycles. The molecule has 0 amide bonds. The Kier molecular flexibility index (Phi) is 9.21. The molecule has 0 spiro atoms. The van der Waals surface area contributed by atoms with Crippen LogP contribution in [-0.2, 0) is 0 Å². The summed E-state index contributed by atoms with van der Waals surface area (Å²) >= 11 is 2.04. The van der Waals surface area contributed by atoms with Crippen LogP contribution in [0.4, 0.5) is 0 Å². The highest BCUT2D eigenvalue weighted by molar-refractivity contribution is 14.0. The number of guanidine groups is 1. The second-order valence-corrected chi connectivity index (χ2v) is 5.27. The average molecular weight is 355 g/mol. The molecule has 0 aliphatic carbocycles. The van der Waals surface area contributed by atoms with Crippen molar-refractivity contribution in [1.29, 1.82) is 0 Å². The highest BCUT2D eigenvalue weighted by Crippen LogP contribution is 2.21. The lowest BCUT2D eigenvalue weighted by atomic mass is 10.1. The first-order valence-corrected chi connectivity index (χ1v) is 6.60. The van der Waals surface area contributed by atoms with E-state index < -0.39 is 0 Å². The molecule has 0 radical (unpaired) electrons. The lowest BCUT2D eigenvalue weighted by molar-refractivity contribution is 0.512. The third-order valence-electron chi connectivity index (χ3n) is 2.35. The first-order chi connectivity index (χ1) is 7.18. The fourth-order valence-corrected chi connectivity index (χ4v) is 2.65. The zero-order chi connectivity index (χ0) is 11.1. The van der Waals surface area contributed by atoms with Gasteiger partial charge in [-0.3, -0.25) is 0 Å². The number of nitrogens with one attached hydrogen (secondary N) is 1. The third kappa shape index (κ3) is 7.38. The predicted molar refractivity (Wildman–Crippen MR) is 84.8 cm³/mol. The van der Waals surface area contributed by atoms with Gasteiger partial charge in [0.1, 0.15) is 0 Å². The zero-order valence-corrected chi connectivity index (χ0v) is 13.0. The number of aliphatic imine (C=N–C) groups is 1. The van der Waals surface area contributed by atoms with Crippen molar-refractivity contribution in [2.45, 2.75) is 19.8 Å². The van der Waals surface area contributed by atoms with Crippen molar-refractivity contribution in [3.8, 4) is 0 Å². The van der Waals surface area contributed by atoms with E-state index in [1.807, 2.05) is 18.7 Å². The van der Waals surface area contributed by atoms with Crippen molar-refractivity contribution >= 4 is 41.7 Å². The molecule has 1 atom stereocenters. The SMILES string of the molecule is C=C(C)CN=C(N)NCC1CCCSC1.I. The van der Waals surface area contributed by atoms with E-state index in [-0.39, 0.29) is 24.0 Å². The highest BCUT2D eigenvalue weighted by Gasteiger charge is 2.13. The molecule has 3 nitrogen and oxygen atoms in total. The van der Waals surface area contributed by atoms with E-state index in [4.69, 9.17) is 5.73 Å². The van der Waals surface area contributed by atoms with Gasteiger partial charge in [0, 0.05) is 6.54 Å². The fourth-order valence-electron chi connectivity index (χ4n) is 1.49. The molecule has 1 fully saturated rings. The topological polar surface area (TPSA) is 50.4 Å². The van der Waals surface area contributed by atoms with Gasteiger partial charge >= 0.3 is 0 Å². The van der Waals surface area contributed by atoms with Gasteiger partial charge in [0.25, 0.3) is 0 Å². The largest absolute Gasteiger partial charge is 0.370 e. The van der Waals surface area contributed by atoms with Gasteiger partial charge < -0.3 is 11.1 Å². The summed E-state index contributed by atoms with van der Waals surface area (Å²) in [7, 11) is 0. The Balaban J connectivity index is 0.00000225. The molecule has 0 aromatic carbocycles. The van der Waals surface area contributed by atoms with Crippen LogP contribution in [0, 0.1) is 5.92 Å². The monoisotopic (exact) mass is 355 g/mol. The van der Waals surface area contributed by atoms with Crippen molar-refractivity contribution in [1.82, 2.24) is 5.32 Å². The number of thioether (sulfide) groups is 1. The lowest BCUT2D eigenvalue weighted by Gasteiger charge is -2.21. The van der Waals surface area contributed by atoms with Crippen molar-refractivity contribution in [3.63, 3.8) is 0 Å². The van der Waals surface area contributed by atoms with E-state index in [0.29, 0.717) is 12.5 Å². The van der Waals surface area contributed by atoms with Gasteiger partial charge in [-0.1, -0.05) is 12.2 Å². The van der Waals surface area contributed by atoms with Crippen LogP contribution in [0.2, 0.25) is 0 Å². The van der Waals surface area contributed by atoms with Crippen LogP contribution in [0.5, 0.6) is 0 Å². The first-order valence-electron chi connectivity index (χ1n) is 5.44. The maximum absolute atomic E-state index is 5.73. The van der Waals surface area contributed by atoms with Crippen molar-refractivity contribution < 1.29 is 0 Å². The van der Waals surface area contributed by atoms with Gasteiger partial charge in [-0.15, -0.1) is 24.0 Å². The van der Waals surface area contributed by atoms with Crippen molar-refractivity contribution in [2.75, 3.05) is 24.6 Å². The molecule has 0 bridgehead atoms. The molecule has 0 aromatic heterocycles. The number of hydrogen-bond acceptors (Lipinski definition) is 2. The van der Waals surface area contributed by atoms with Gasteiger partial charge in [0.05, 0.1) is 6.54 Å². The Morgan fingerprint density at radius 2 is 2.38 bits per heavy atom. The third-order valence-corrected chi connectivity index (χ3v) is 3.63. The van der Waals surface area contributed by atoms with Gasteiger partial charge in [-0.2, -0.15) is 11.8 Å². The van der Waals surface area contributed by atoms with Crippen molar-refractivity contribution in [2.24, 2.45) is 16.6 Å². The Labute approximate surface area is 120 Å². The van der Waals surface area contributed by atoms with Crippen molar-refractivity contribution in [3.05, 3.63) is 12.2 Å². The van der Waals surface area contributed by atoms with Crippen LogP contribution in [0.15, 0.2) is 17.1 Å². The van der Waals surface area contributed by atoms with Gasteiger partial charge in [-0.25, -0.2) is 4.99 Å². The predicted octanol–water partition coefficient (Wildman–Crippen LogP) is 2.23. The molecule has 1 aliphatic heterocycles. The molecule has 0 aromatic rings. The second kappa shape index (κ2) is 9.15. The normalized spacial score (nSPS) is 21.1. The molecule has 16 heavy (non-hydrogen) atoms. The van der Waals surface area contributed by atoms with E-state index in [1.165, 1.54) is 24.3 Å². The molecular weight excluding hydrogens is 333 g/mol. The summed E-state index contributed by atoms with van der Waals surface area (Å²) in [6, 6.07) is 0. The Hall–Kier alpha value is 0.0900. The smallest absolute Gasteiger partial charge is 0.188 e. The standard InChI is InChI=1S/C11H21N3S.HI/c1-9(2)6-13-11(12)14-7-10-4-3-5-15-8-10;/h10H,1,3-8H2,2H3,(H3,12,13,14);1H. The summed E-state index contributed by atoms with van der Waals surface area (Å²) in [5.41, 5.74) is 6.77. The molecular formula is C11H22IN3S. The average Bonchev–Trinajstić information content (AvgIpc) is 2.25. The summed E-state index contributed by atoms with van der Waals surface area (Å²) in [5, 5.41) is 3.18. The number of rotatable bonds is 4. The van der Waals surface area contributed by atoms with E-state index in [9.17, 15) is 0 Å². The van der Waals surface area contributed by atoms with Gasteiger partial charge in [0.2, 0.25) is 0 Å². The van der Waals surface area contributed by atoms with Crippen LogP contribution in [-0.4, -0.2) is 30.6 Å². The Bertz CT molecular complexity index is 237. The molecule has 94 valence electrons. The van der Waals surface area contributed by atoms with Crippen LogP contribution < -0.4 is 11.1 Å². The van der Waals surface area contributed by atoms with Gasteiger partial charge in [0.15, 0.2) is 5.96 Å². The summed E-state index contributed by atoms with van der Waals surface area (Å²) in [6.45, 7) is 7.32. The lowest BCUT2D eigenvalue weighted by Crippen LogP contribution is -2.37. The summed E-state index contributed by atoms with van der Waals surface area (Å²) in [5.74, 6) is 3.87. The quantitative estimate of drug-likeness (QED) is 0.352. The molecule has 0 saturated carbocycles. The molecule has 3 N–H and O–H groups in total. The minimum absolute atomic E-state index is 0. The Morgan fingerprint density at radius 3 is 2.94 bits per heavy atom. The highest BCUT2D eigenvalue weighted by atomic mass is 127. The molecule has 1 rings (SSSR count). The van der Waals surface area contributed by atoms with E-state index in [2.05, 4.69) is 16.9 Å². The maximum atomic E-state index is 5.73. The van der Waals surface area contributed by atoms with Crippen LogP contribution >= 0.6 is 35.7 Å². The number of nitrogens with two attached hydrogens (primary N) is 1. The zero-order valence-electron chi connectivity index (χ0n) is 9.87. The Morgan fingerprint density at radius 1 is 1.62 bits per heavy atom. The minimum atomic E-state index is 0. The maximum Gasteiger partial charge on any atom is 0.188 e.